The van der Waals surface area contributed by atoms with E-state index in [2.05, 4.69) is 261 Å². The lowest BCUT2D eigenvalue weighted by Gasteiger charge is -2.12. The van der Waals surface area contributed by atoms with E-state index in [1.807, 2.05) is 6.07 Å². The fourth-order valence-electron chi connectivity index (χ4n) is 9.57. The van der Waals surface area contributed by atoms with E-state index in [9.17, 15) is 0 Å². The Morgan fingerprint density at radius 1 is 0.191 bits per heavy atom. The molecule has 0 aliphatic heterocycles. The molecule has 68 heavy (non-hydrogen) atoms. The summed E-state index contributed by atoms with van der Waals surface area (Å²) in [6.07, 6.45) is 0. The van der Waals surface area contributed by atoms with Gasteiger partial charge in [-0.25, -0.2) is 9.97 Å². The largest absolute Gasteiger partial charge is 0.228 e. The molecule has 0 spiro atoms. The van der Waals surface area contributed by atoms with Crippen LogP contribution in [0.2, 0.25) is 0 Å². The molecule has 0 bridgehead atoms. The van der Waals surface area contributed by atoms with Crippen LogP contribution in [0, 0.1) is 0 Å². The van der Waals surface area contributed by atoms with Crippen LogP contribution in [0.1, 0.15) is 0 Å². The minimum absolute atomic E-state index is 0.683. The van der Waals surface area contributed by atoms with Crippen molar-refractivity contribution in [1.29, 1.82) is 0 Å². The van der Waals surface area contributed by atoms with E-state index in [1.54, 1.807) is 0 Å². The van der Waals surface area contributed by atoms with Crippen LogP contribution < -0.4 is 0 Å². The standard InChI is InChI=1S/C66H44N2/c1-2-16-51(17-3-1)64-44-65(58-26-10-24-56(42-58)54-22-8-20-52(40-54)45-32-36-49(37-33-45)62-30-12-18-47-14-4-6-28-60(47)62)68-66(67-64)59-27-11-25-57(43-59)55-23-9-21-53(41-55)46-34-38-50(39-35-46)63-31-13-19-48-15-5-7-29-61(48)63/h1-44H. The van der Waals surface area contributed by atoms with Crippen molar-refractivity contribution in [3.05, 3.63) is 267 Å². The van der Waals surface area contributed by atoms with Crippen molar-refractivity contribution < 1.29 is 0 Å². The lowest BCUT2D eigenvalue weighted by atomic mass is 9.94. The molecule has 0 N–H and O–H groups in total. The third-order valence-corrected chi connectivity index (χ3v) is 13.1. The molecule has 2 nitrogen and oxygen atoms in total. The predicted molar refractivity (Wildman–Crippen MR) is 286 cm³/mol. The highest BCUT2D eigenvalue weighted by Crippen LogP contribution is 2.36. The van der Waals surface area contributed by atoms with Crippen LogP contribution >= 0.6 is 0 Å². The average Bonchev–Trinajstić information content (AvgIpc) is 3.43. The lowest BCUT2D eigenvalue weighted by molar-refractivity contribution is 1.18. The van der Waals surface area contributed by atoms with Gasteiger partial charge in [-0.05, 0) is 119 Å². The molecule has 1 aromatic heterocycles. The van der Waals surface area contributed by atoms with Crippen molar-refractivity contribution in [3.8, 4) is 101 Å². The molecule has 0 aliphatic rings. The summed E-state index contributed by atoms with van der Waals surface area (Å²) < 4.78 is 0. The minimum atomic E-state index is 0.683. The number of benzene rings is 11. The molecular weight excluding hydrogens is 821 g/mol. The molecule has 12 aromatic rings. The second-order valence-electron chi connectivity index (χ2n) is 17.4. The third kappa shape index (κ3) is 8.06. The molecule has 0 unspecified atom stereocenters. The van der Waals surface area contributed by atoms with E-state index >= 15 is 0 Å². The summed E-state index contributed by atoms with van der Waals surface area (Å²) in [6, 6.07) is 95.5. The molecule has 0 radical (unpaired) electrons. The highest BCUT2D eigenvalue weighted by atomic mass is 14.9. The zero-order valence-electron chi connectivity index (χ0n) is 37.3. The molecular formula is C66H44N2. The summed E-state index contributed by atoms with van der Waals surface area (Å²) >= 11 is 0. The molecule has 1 heterocycles. The Morgan fingerprint density at radius 2 is 0.515 bits per heavy atom. The number of hydrogen-bond donors (Lipinski definition) is 0. The van der Waals surface area contributed by atoms with Crippen LogP contribution in [-0.2, 0) is 0 Å². The third-order valence-electron chi connectivity index (χ3n) is 13.1. The van der Waals surface area contributed by atoms with Crippen LogP contribution in [0.5, 0.6) is 0 Å². The zero-order chi connectivity index (χ0) is 45.2. The minimum Gasteiger partial charge on any atom is -0.228 e. The van der Waals surface area contributed by atoms with Crippen molar-refractivity contribution in [3.63, 3.8) is 0 Å². The predicted octanol–water partition coefficient (Wildman–Crippen LogP) is 17.8. The van der Waals surface area contributed by atoms with Crippen molar-refractivity contribution >= 4 is 21.5 Å². The van der Waals surface area contributed by atoms with Gasteiger partial charge in [0.25, 0.3) is 0 Å². The number of hydrogen-bond acceptors (Lipinski definition) is 2. The average molecular weight is 865 g/mol. The Balaban J connectivity index is 0.850. The van der Waals surface area contributed by atoms with Gasteiger partial charge >= 0.3 is 0 Å². The summed E-state index contributed by atoms with van der Waals surface area (Å²) in [7, 11) is 0. The molecule has 0 saturated carbocycles. The summed E-state index contributed by atoms with van der Waals surface area (Å²) in [5.41, 5.74) is 18.9. The van der Waals surface area contributed by atoms with Gasteiger partial charge in [0.05, 0.1) is 11.4 Å². The quantitative estimate of drug-likeness (QED) is 0.144. The lowest BCUT2D eigenvalue weighted by Crippen LogP contribution is -1.96. The Hall–Kier alpha value is -8.98. The molecule has 0 saturated heterocycles. The monoisotopic (exact) mass is 864 g/mol. The Kier molecular flexibility index (Phi) is 10.6. The van der Waals surface area contributed by atoms with Crippen LogP contribution in [0.15, 0.2) is 267 Å². The van der Waals surface area contributed by atoms with Crippen molar-refractivity contribution in [2.75, 3.05) is 0 Å². The van der Waals surface area contributed by atoms with Gasteiger partial charge in [-0.15, -0.1) is 0 Å². The van der Waals surface area contributed by atoms with E-state index in [0.29, 0.717) is 5.82 Å². The highest BCUT2D eigenvalue weighted by Gasteiger charge is 2.14. The maximum atomic E-state index is 5.29. The maximum absolute atomic E-state index is 5.29. The molecule has 2 heteroatoms. The molecule has 12 rings (SSSR count). The number of aromatic nitrogens is 2. The van der Waals surface area contributed by atoms with Gasteiger partial charge in [0, 0.05) is 16.7 Å². The number of nitrogens with zero attached hydrogens (tertiary/aromatic N) is 2. The van der Waals surface area contributed by atoms with E-state index in [-0.39, 0.29) is 0 Å². The normalized spacial score (nSPS) is 11.2. The first-order valence-corrected chi connectivity index (χ1v) is 23.2. The summed E-state index contributed by atoms with van der Waals surface area (Å²) in [5, 5.41) is 5.03. The Labute approximate surface area is 397 Å². The van der Waals surface area contributed by atoms with Crippen LogP contribution in [0.3, 0.4) is 0 Å². The molecule has 0 fully saturated rings. The SMILES string of the molecule is c1ccc(-c2cc(-c3cccc(-c4cccc(-c5ccc(-c6cccc7ccccc67)cc5)c4)c3)nc(-c3cccc(-c4cccc(-c5ccc(-c6cccc7ccccc67)cc5)c4)c3)n2)cc1. The molecule has 11 aromatic carbocycles. The van der Waals surface area contributed by atoms with Gasteiger partial charge in [0.2, 0.25) is 0 Å². The number of rotatable bonds is 9. The van der Waals surface area contributed by atoms with Crippen LogP contribution in [0.25, 0.3) is 122 Å². The van der Waals surface area contributed by atoms with E-state index < -0.39 is 0 Å². The van der Waals surface area contributed by atoms with Crippen molar-refractivity contribution in [2.24, 2.45) is 0 Å². The van der Waals surface area contributed by atoms with Gasteiger partial charge < -0.3 is 0 Å². The topological polar surface area (TPSA) is 25.8 Å². The second-order valence-corrected chi connectivity index (χ2v) is 17.4. The first-order valence-electron chi connectivity index (χ1n) is 23.2. The van der Waals surface area contributed by atoms with E-state index in [0.717, 1.165) is 50.3 Å². The second kappa shape index (κ2) is 17.8. The smallest absolute Gasteiger partial charge is 0.160 e. The maximum Gasteiger partial charge on any atom is 0.160 e. The molecule has 0 atom stereocenters. The van der Waals surface area contributed by atoms with Gasteiger partial charge in [0.15, 0.2) is 5.82 Å². The van der Waals surface area contributed by atoms with Crippen LogP contribution in [-0.4, -0.2) is 9.97 Å². The Morgan fingerprint density at radius 3 is 1.01 bits per heavy atom. The molecule has 0 aliphatic carbocycles. The van der Waals surface area contributed by atoms with Gasteiger partial charge in [-0.3, -0.25) is 0 Å². The zero-order valence-corrected chi connectivity index (χ0v) is 37.3. The van der Waals surface area contributed by atoms with Gasteiger partial charge in [0.1, 0.15) is 0 Å². The first kappa shape index (κ1) is 40.5. The molecule has 318 valence electrons. The van der Waals surface area contributed by atoms with E-state index in [4.69, 9.17) is 9.97 Å². The summed E-state index contributed by atoms with van der Waals surface area (Å²) in [5.74, 6) is 0.683. The summed E-state index contributed by atoms with van der Waals surface area (Å²) in [4.78, 5) is 10.5. The van der Waals surface area contributed by atoms with Crippen molar-refractivity contribution in [1.82, 2.24) is 9.97 Å². The van der Waals surface area contributed by atoms with E-state index in [1.165, 1.54) is 66.1 Å². The first-order chi connectivity index (χ1) is 33.7. The van der Waals surface area contributed by atoms with Gasteiger partial charge in [-0.1, -0.05) is 237 Å². The Bertz CT molecular complexity index is 3540. The fourth-order valence-corrected chi connectivity index (χ4v) is 9.57. The summed E-state index contributed by atoms with van der Waals surface area (Å²) in [6.45, 7) is 0. The fraction of sp³-hybridized carbons (Fsp3) is 0. The van der Waals surface area contributed by atoms with Crippen molar-refractivity contribution in [2.45, 2.75) is 0 Å². The van der Waals surface area contributed by atoms with Crippen LogP contribution in [0.4, 0.5) is 0 Å². The van der Waals surface area contributed by atoms with Gasteiger partial charge in [-0.2, -0.15) is 0 Å². The molecule has 0 amide bonds. The number of fused-ring (bicyclic) bond motifs is 2. The highest BCUT2D eigenvalue weighted by molar-refractivity contribution is 5.98.